The average Bonchev–Trinajstić information content (AvgIpc) is 2.74. The van der Waals surface area contributed by atoms with Gasteiger partial charge >= 0.3 is 0 Å². The van der Waals surface area contributed by atoms with Crippen LogP contribution < -0.4 is 0 Å². The lowest BCUT2D eigenvalue weighted by Crippen LogP contribution is -2.35. The highest BCUT2D eigenvalue weighted by Gasteiger charge is 2.37. The molecule has 1 aliphatic carbocycles. The highest BCUT2D eigenvalue weighted by atomic mass is 79.9. The summed E-state index contributed by atoms with van der Waals surface area (Å²) in [6, 6.07) is 8.93. The molecule has 2 nitrogen and oxygen atoms in total. The normalized spacial score (nSPS) is 21.3. The first-order chi connectivity index (χ1) is 10.1. The number of aryl methyl sites for hydroxylation is 3. The number of nitrogens with zero attached hydrogens (tertiary/aromatic N) is 2. The zero-order valence-electron chi connectivity index (χ0n) is 12.5. The minimum Gasteiger partial charge on any atom is -0.271 e. The average molecular weight is 412 g/mol. The first-order valence-corrected chi connectivity index (χ1v) is 9.31. The van der Waals surface area contributed by atoms with E-state index in [1.54, 1.807) is 0 Å². The molecule has 2 aromatic rings. The summed E-state index contributed by atoms with van der Waals surface area (Å²) in [6.45, 7) is 2.06. The molecular weight excluding hydrogens is 392 g/mol. The largest absolute Gasteiger partial charge is 0.271 e. The fourth-order valence-electron chi connectivity index (χ4n) is 3.57. The number of rotatable bonds is 3. The Hall–Kier alpha value is -0.610. The van der Waals surface area contributed by atoms with Gasteiger partial charge in [-0.25, -0.2) is 0 Å². The van der Waals surface area contributed by atoms with Crippen LogP contribution in [0.25, 0.3) is 0 Å². The molecule has 1 aliphatic rings. The third-order valence-corrected chi connectivity index (χ3v) is 6.82. The highest BCUT2D eigenvalue weighted by molar-refractivity contribution is 9.10. The smallest absolute Gasteiger partial charge is 0.0738 e. The second-order valence-electron chi connectivity index (χ2n) is 6.07. The van der Waals surface area contributed by atoms with Crippen molar-refractivity contribution >= 4 is 31.9 Å². The molecule has 0 amide bonds. The number of fused-ring (bicyclic) bond motifs is 1. The predicted octanol–water partition coefficient (Wildman–Crippen LogP) is 4.70. The molecule has 0 bridgehead atoms. The molecule has 0 N–H and O–H groups in total. The Morgan fingerprint density at radius 2 is 2.10 bits per heavy atom. The van der Waals surface area contributed by atoms with Crippen LogP contribution in [0.2, 0.25) is 0 Å². The molecule has 1 aromatic heterocycles. The summed E-state index contributed by atoms with van der Waals surface area (Å²) >= 11 is 7.53. The Morgan fingerprint density at radius 1 is 1.33 bits per heavy atom. The molecule has 0 aliphatic heterocycles. The van der Waals surface area contributed by atoms with E-state index in [1.165, 1.54) is 36.1 Å². The summed E-state index contributed by atoms with van der Waals surface area (Å²) in [5.41, 5.74) is 5.57. The molecule has 1 atom stereocenters. The minimum absolute atomic E-state index is 0.178. The number of halogens is 2. The molecule has 1 aromatic carbocycles. The van der Waals surface area contributed by atoms with E-state index in [4.69, 9.17) is 0 Å². The van der Waals surface area contributed by atoms with Gasteiger partial charge in [0.15, 0.2) is 0 Å². The van der Waals surface area contributed by atoms with E-state index in [-0.39, 0.29) is 5.41 Å². The van der Waals surface area contributed by atoms with Crippen molar-refractivity contribution in [3.05, 3.63) is 51.3 Å². The van der Waals surface area contributed by atoms with Crippen molar-refractivity contribution < 1.29 is 0 Å². The van der Waals surface area contributed by atoms with Crippen LogP contribution in [0.15, 0.2) is 28.7 Å². The minimum atomic E-state index is 0.178. The number of alkyl halides is 1. The van der Waals surface area contributed by atoms with Crippen LogP contribution in [0.4, 0.5) is 0 Å². The first kappa shape index (κ1) is 15.3. The maximum Gasteiger partial charge on any atom is 0.0738 e. The zero-order chi connectivity index (χ0) is 15.0. The van der Waals surface area contributed by atoms with E-state index in [1.807, 2.05) is 11.7 Å². The van der Waals surface area contributed by atoms with Gasteiger partial charge in [0.05, 0.1) is 15.9 Å². The van der Waals surface area contributed by atoms with Crippen molar-refractivity contribution in [3.63, 3.8) is 0 Å². The molecule has 1 unspecified atom stereocenters. The SMILES string of the molecule is Cc1nn(C)c(CC2(CBr)CCCc3ccccc32)c1Br. The second-order valence-corrected chi connectivity index (χ2v) is 7.42. The molecule has 0 spiro atoms. The van der Waals surface area contributed by atoms with Crippen molar-refractivity contribution in [2.24, 2.45) is 7.05 Å². The second kappa shape index (κ2) is 5.88. The van der Waals surface area contributed by atoms with Crippen LogP contribution in [0, 0.1) is 6.92 Å². The van der Waals surface area contributed by atoms with Crippen molar-refractivity contribution in [2.45, 2.75) is 38.0 Å². The van der Waals surface area contributed by atoms with E-state index >= 15 is 0 Å². The monoisotopic (exact) mass is 410 g/mol. The van der Waals surface area contributed by atoms with Crippen LogP contribution in [0.5, 0.6) is 0 Å². The number of aromatic nitrogens is 2. The predicted molar refractivity (Wildman–Crippen MR) is 94.2 cm³/mol. The summed E-state index contributed by atoms with van der Waals surface area (Å²) in [7, 11) is 2.05. The standard InChI is InChI=1S/C17H20Br2N2/c1-12-16(19)15(21(2)20-12)10-17(11-18)9-5-7-13-6-3-4-8-14(13)17/h3-4,6,8H,5,7,9-11H2,1-2H3. The molecule has 21 heavy (non-hydrogen) atoms. The van der Waals surface area contributed by atoms with E-state index in [0.717, 1.165) is 21.9 Å². The Labute approximate surface area is 143 Å². The van der Waals surface area contributed by atoms with Crippen LogP contribution in [-0.4, -0.2) is 15.1 Å². The number of hydrogen-bond donors (Lipinski definition) is 0. The number of hydrogen-bond acceptors (Lipinski definition) is 1. The van der Waals surface area contributed by atoms with Crippen molar-refractivity contribution in [1.82, 2.24) is 9.78 Å². The molecule has 4 heteroatoms. The molecule has 112 valence electrons. The Morgan fingerprint density at radius 3 is 2.76 bits per heavy atom. The van der Waals surface area contributed by atoms with Gasteiger partial charge in [-0.1, -0.05) is 40.2 Å². The summed E-state index contributed by atoms with van der Waals surface area (Å²) in [4.78, 5) is 0. The van der Waals surface area contributed by atoms with Gasteiger partial charge in [0, 0.05) is 24.2 Å². The van der Waals surface area contributed by atoms with Gasteiger partial charge in [-0.15, -0.1) is 0 Å². The van der Waals surface area contributed by atoms with E-state index in [0.29, 0.717) is 0 Å². The van der Waals surface area contributed by atoms with Crippen LogP contribution in [0.3, 0.4) is 0 Å². The fourth-order valence-corrected chi connectivity index (χ4v) is 4.83. The fraction of sp³-hybridized carbons (Fsp3) is 0.471. The van der Waals surface area contributed by atoms with Crippen molar-refractivity contribution in [2.75, 3.05) is 5.33 Å². The molecule has 3 rings (SSSR count). The molecular formula is C17H20Br2N2. The van der Waals surface area contributed by atoms with E-state index < -0.39 is 0 Å². The van der Waals surface area contributed by atoms with Gasteiger partial charge in [-0.2, -0.15) is 5.10 Å². The van der Waals surface area contributed by atoms with Crippen LogP contribution >= 0.6 is 31.9 Å². The topological polar surface area (TPSA) is 17.8 Å². The summed E-state index contributed by atoms with van der Waals surface area (Å²) in [6.07, 6.45) is 4.71. The van der Waals surface area contributed by atoms with Gasteiger partial charge in [-0.3, -0.25) is 4.68 Å². The van der Waals surface area contributed by atoms with Gasteiger partial charge in [0.1, 0.15) is 0 Å². The van der Waals surface area contributed by atoms with Gasteiger partial charge < -0.3 is 0 Å². The summed E-state index contributed by atoms with van der Waals surface area (Å²) in [5.74, 6) is 0. The Balaban J connectivity index is 2.06. The van der Waals surface area contributed by atoms with Crippen molar-refractivity contribution in [1.29, 1.82) is 0 Å². The van der Waals surface area contributed by atoms with Crippen LogP contribution in [-0.2, 0) is 25.3 Å². The lowest BCUT2D eigenvalue weighted by Gasteiger charge is -2.38. The quantitative estimate of drug-likeness (QED) is 0.669. The molecule has 1 heterocycles. The third-order valence-electron chi connectivity index (χ3n) is 4.71. The Kier molecular flexibility index (Phi) is 4.28. The van der Waals surface area contributed by atoms with Gasteiger partial charge in [-0.05, 0) is 53.2 Å². The third kappa shape index (κ3) is 2.61. The lowest BCUT2D eigenvalue weighted by molar-refractivity contribution is 0.391. The van der Waals surface area contributed by atoms with Crippen LogP contribution in [0.1, 0.15) is 35.4 Å². The Bertz CT molecular complexity index is 663. The van der Waals surface area contributed by atoms with E-state index in [2.05, 4.69) is 68.1 Å². The zero-order valence-corrected chi connectivity index (χ0v) is 15.7. The maximum absolute atomic E-state index is 4.55. The number of benzene rings is 1. The summed E-state index contributed by atoms with van der Waals surface area (Å²) in [5, 5.41) is 5.55. The van der Waals surface area contributed by atoms with E-state index in [9.17, 15) is 0 Å². The maximum atomic E-state index is 4.55. The highest BCUT2D eigenvalue weighted by Crippen LogP contribution is 2.42. The summed E-state index contributed by atoms with van der Waals surface area (Å²) < 4.78 is 3.19. The molecule has 0 fully saturated rings. The van der Waals surface area contributed by atoms with Gasteiger partial charge in [0.2, 0.25) is 0 Å². The molecule has 0 saturated heterocycles. The molecule has 0 radical (unpaired) electrons. The van der Waals surface area contributed by atoms with Crippen molar-refractivity contribution in [3.8, 4) is 0 Å². The first-order valence-electron chi connectivity index (χ1n) is 7.40. The molecule has 0 saturated carbocycles. The van der Waals surface area contributed by atoms with Gasteiger partial charge in [0.25, 0.3) is 0 Å². The lowest BCUT2D eigenvalue weighted by atomic mass is 9.69.